The summed E-state index contributed by atoms with van der Waals surface area (Å²) in [5, 5.41) is 14.6. The smallest absolute Gasteiger partial charge is 0.341 e. The molecule has 0 saturated heterocycles. The summed E-state index contributed by atoms with van der Waals surface area (Å²) in [6, 6.07) is 16.6. The van der Waals surface area contributed by atoms with Crippen LogP contribution in [0.4, 0.5) is 4.39 Å². The zero-order valence-corrected chi connectivity index (χ0v) is 19.3. The molecule has 1 N–H and O–H groups in total. The van der Waals surface area contributed by atoms with Crippen molar-refractivity contribution in [3.63, 3.8) is 0 Å². The van der Waals surface area contributed by atoms with Crippen molar-refractivity contribution in [2.24, 2.45) is 0 Å². The molecular weight excluding hydrogens is 473 g/mol. The third-order valence-corrected chi connectivity index (χ3v) is 6.32. The highest BCUT2D eigenvalue weighted by molar-refractivity contribution is 6.30. The first-order chi connectivity index (χ1) is 16.9. The fourth-order valence-electron chi connectivity index (χ4n) is 4.53. The van der Waals surface area contributed by atoms with Gasteiger partial charge in [0.2, 0.25) is 5.91 Å². The SMILES string of the molecule is O=C(O)COc1ccc(Cl)cc1C1c2ccccc2CN1C(=O)CCn1ncc2ccc(F)cc21. The molecule has 1 aromatic heterocycles. The van der Waals surface area contributed by atoms with Crippen LogP contribution in [0.1, 0.15) is 29.2 Å². The lowest BCUT2D eigenvalue weighted by molar-refractivity contribution is -0.139. The van der Waals surface area contributed by atoms with Gasteiger partial charge in [-0.15, -0.1) is 0 Å². The number of carboxylic acid groups (broad SMARTS) is 1. The summed E-state index contributed by atoms with van der Waals surface area (Å²) in [7, 11) is 0. The number of carbonyl (C=O) groups excluding carboxylic acids is 1. The van der Waals surface area contributed by atoms with Gasteiger partial charge in [0.15, 0.2) is 6.61 Å². The van der Waals surface area contributed by atoms with Crippen molar-refractivity contribution >= 4 is 34.4 Å². The molecule has 0 fully saturated rings. The fraction of sp³-hybridized carbons (Fsp3) is 0.192. The molecule has 1 unspecified atom stereocenters. The summed E-state index contributed by atoms with van der Waals surface area (Å²) in [5.74, 6) is -1.25. The Bertz CT molecular complexity index is 1440. The van der Waals surface area contributed by atoms with Crippen molar-refractivity contribution in [3.05, 3.63) is 94.4 Å². The molecule has 1 amide bonds. The number of hydrogen-bond donors (Lipinski definition) is 1. The highest BCUT2D eigenvalue weighted by atomic mass is 35.5. The van der Waals surface area contributed by atoms with Crippen molar-refractivity contribution in [2.45, 2.75) is 25.6 Å². The molecule has 1 atom stereocenters. The number of aryl methyl sites for hydroxylation is 1. The summed E-state index contributed by atoms with van der Waals surface area (Å²) in [5.41, 5.74) is 3.15. The van der Waals surface area contributed by atoms with E-state index in [0.29, 0.717) is 28.4 Å². The summed E-state index contributed by atoms with van der Waals surface area (Å²) >= 11 is 6.29. The third-order valence-electron chi connectivity index (χ3n) is 6.08. The molecule has 0 spiro atoms. The molecule has 0 saturated carbocycles. The normalized spacial score (nSPS) is 14.8. The number of amides is 1. The first-order valence-corrected chi connectivity index (χ1v) is 11.4. The van der Waals surface area contributed by atoms with Crippen LogP contribution in [0.25, 0.3) is 10.9 Å². The van der Waals surface area contributed by atoms with Gasteiger partial charge < -0.3 is 14.7 Å². The van der Waals surface area contributed by atoms with Gasteiger partial charge in [0.1, 0.15) is 11.6 Å². The van der Waals surface area contributed by atoms with Gasteiger partial charge in [0.05, 0.1) is 24.3 Å². The van der Waals surface area contributed by atoms with Crippen LogP contribution in [0, 0.1) is 5.82 Å². The summed E-state index contributed by atoms with van der Waals surface area (Å²) in [4.78, 5) is 26.3. The Hall–Kier alpha value is -3.91. The van der Waals surface area contributed by atoms with Crippen LogP contribution in [-0.2, 0) is 22.7 Å². The minimum Gasteiger partial charge on any atom is -0.482 e. The number of ether oxygens (including phenoxy) is 1. The van der Waals surface area contributed by atoms with E-state index in [2.05, 4.69) is 5.10 Å². The first kappa shape index (κ1) is 22.9. The molecule has 2 heterocycles. The molecule has 7 nitrogen and oxygen atoms in total. The number of carboxylic acids is 1. The minimum absolute atomic E-state index is 0.129. The quantitative estimate of drug-likeness (QED) is 0.399. The second kappa shape index (κ2) is 9.38. The number of aliphatic carboxylic acids is 1. The number of fused-ring (bicyclic) bond motifs is 2. The van der Waals surface area contributed by atoms with Gasteiger partial charge in [-0.3, -0.25) is 9.48 Å². The Kier molecular flexibility index (Phi) is 6.13. The second-order valence-electron chi connectivity index (χ2n) is 8.31. The maximum Gasteiger partial charge on any atom is 0.341 e. The lowest BCUT2D eigenvalue weighted by atomic mass is 9.97. The number of halogens is 2. The van der Waals surface area contributed by atoms with Crippen LogP contribution in [0.2, 0.25) is 5.02 Å². The van der Waals surface area contributed by atoms with Crippen LogP contribution in [0.5, 0.6) is 5.75 Å². The van der Waals surface area contributed by atoms with Gasteiger partial charge in [-0.1, -0.05) is 35.9 Å². The van der Waals surface area contributed by atoms with Crippen molar-refractivity contribution < 1.29 is 23.8 Å². The molecule has 3 aromatic carbocycles. The van der Waals surface area contributed by atoms with Gasteiger partial charge in [0.25, 0.3) is 0 Å². The van der Waals surface area contributed by atoms with E-state index in [1.54, 1.807) is 40.0 Å². The van der Waals surface area contributed by atoms with E-state index in [1.807, 2.05) is 24.3 Å². The van der Waals surface area contributed by atoms with E-state index >= 15 is 0 Å². The Labute approximate surface area is 205 Å². The number of carbonyl (C=O) groups is 2. The number of hydrogen-bond acceptors (Lipinski definition) is 4. The van der Waals surface area contributed by atoms with Gasteiger partial charge in [-0.05, 0) is 47.5 Å². The summed E-state index contributed by atoms with van der Waals surface area (Å²) in [6.07, 6.45) is 1.79. The molecule has 9 heteroatoms. The predicted molar refractivity (Wildman–Crippen MR) is 128 cm³/mol. The van der Waals surface area contributed by atoms with Crippen LogP contribution < -0.4 is 4.74 Å². The van der Waals surface area contributed by atoms with Crippen LogP contribution in [0.15, 0.2) is 66.9 Å². The Morgan fingerprint density at radius 3 is 2.77 bits per heavy atom. The zero-order chi connectivity index (χ0) is 24.5. The van der Waals surface area contributed by atoms with Gasteiger partial charge >= 0.3 is 5.97 Å². The first-order valence-electron chi connectivity index (χ1n) is 11.0. The average Bonchev–Trinajstić information content (AvgIpc) is 3.42. The third kappa shape index (κ3) is 4.57. The van der Waals surface area contributed by atoms with Crippen molar-refractivity contribution in [2.75, 3.05) is 6.61 Å². The standard InChI is InChI=1S/C26H21ClFN3O4/c27-18-6-8-23(35-15-25(33)34)21(11-18)26-20-4-2-1-3-17(20)14-30(26)24(32)9-10-31-22-12-19(28)7-5-16(22)13-29-31/h1-8,11-13,26H,9-10,14-15H2,(H,33,34). The predicted octanol–water partition coefficient (Wildman–Crippen LogP) is 4.81. The number of benzene rings is 3. The van der Waals surface area contributed by atoms with E-state index in [9.17, 15) is 14.0 Å². The van der Waals surface area contributed by atoms with E-state index in [4.69, 9.17) is 21.4 Å². The number of rotatable bonds is 7. The van der Waals surface area contributed by atoms with Crippen LogP contribution in [0.3, 0.4) is 0 Å². The van der Waals surface area contributed by atoms with E-state index in [-0.39, 0.29) is 24.7 Å². The van der Waals surface area contributed by atoms with Gasteiger partial charge in [0, 0.05) is 28.9 Å². The Balaban J connectivity index is 1.45. The molecule has 178 valence electrons. The zero-order valence-electron chi connectivity index (χ0n) is 18.5. The molecule has 0 radical (unpaired) electrons. The second-order valence-corrected chi connectivity index (χ2v) is 8.74. The number of aromatic nitrogens is 2. The minimum atomic E-state index is -1.10. The number of nitrogens with zero attached hydrogens (tertiary/aromatic N) is 3. The molecule has 4 aromatic rings. The summed E-state index contributed by atoms with van der Waals surface area (Å²) in [6.45, 7) is 0.155. The Morgan fingerprint density at radius 2 is 1.94 bits per heavy atom. The molecule has 0 bridgehead atoms. The fourth-order valence-corrected chi connectivity index (χ4v) is 4.71. The van der Waals surface area contributed by atoms with Gasteiger partial charge in [-0.25, -0.2) is 9.18 Å². The highest BCUT2D eigenvalue weighted by Gasteiger charge is 2.36. The van der Waals surface area contributed by atoms with Crippen LogP contribution in [-0.4, -0.2) is 38.3 Å². The largest absolute Gasteiger partial charge is 0.482 e. The highest BCUT2D eigenvalue weighted by Crippen LogP contribution is 2.43. The molecule has 0 aliphatic carbocycles. The molecule has 35 heavy (non-hydrogen) atoms. The lowest BCUT2D eigenvalue weighted by Gasteiger charge is -2.27. The van der Waals surface area contributed by atoms with E-state index in [1.165, 1.54) is 12.1 Å². The molecule has 5 rings (SSSR count). The topological polar surface area (TPSA) is 84.7 Å². The van der Waals surface area contributed by atoms with Gasteiger partial charge in [-0.2, -0.15) is 5.10 Å². The van der Waals surface area contributed by atoms with Crippen LogP contribution >= 0.6 is 11.6 Å². The monoisotopic (exact) mass is 493 g/mol. The maximum atomic E-state index is 13.7. The molecular formula is C26H21ClFN3O4. The van der Waals surface area contributed by atoms with E-state index < -0.39 is 18.6 Å². The average molecular weight is 494 g/mol. The maximum absolute atomic E-state index is 13.7. The molecule has 1 aliphatic rings. The van der Waals surface area contributed by atoms with Crippen molar-refractivity contribution in [3.8, 4) is 5.75 Å². The lowest BCUT2D eigenvalue weighted by Crippen LogP contribution is -2.31. The summed E-state index contributed by atoms with van der Waals surface area (Å²) < 4.78 is 20.9. The Morgan fingerprint density at radius 1 is 1.11 bits per heavy atom. The van der Waals surface area contributed by atoms with E-state index in [0.717, 1.165) is 16.5 Å². The molecule has 1 aliphatic heterocycles. The van der Waals surface area contributed by atoms with Crippen molar-refractivity contribution in [1.82, 2.24) is 14.7 Å². The van der Waals surface area contributed by atoms with Crippen molar-refractivity contribution in [1.29, 1.82) is 0 Å².